The minimum atomic E-state index is 0.112. The fraction of sp³-hybridized carbons (Fsp3) is 0.647. The minimum Gasteiger partial charge on any atom is -0.493 e. The highest BCUT2D eigenvalue weighted by Crippen LogP contribution is 2.28. The van der Waals surface area contributed by atoms with E-state index in [-0.39, 0.29) is 12.0 Å². The Hall–Kier alpha value is -1.26. The van der Waals surface area contributed by atoms with Crippen molar-refractivity contribution in [3.05, 3.63) is 23.8 Å². The second-order valence-electron chi connectivity index (χ2n) is 6.31. The van der Waals surface area contributed by atoms with E-state index in [1.165, 1.54) is 5.56 Å². The topological polar surface area (TPSA) is 50.7 Å². The average Bonchev–Trinajstić information content (AvgIpc) is 2.45. The van der Waals surface area contributed by atoms with Crippen LogP contribution in [0.2, 0.25) is 0 Å². The summed E-state index contributed by atoms with van der Waals surface area (Å²) in [6.07, 6.45) is 1.73. The maximum absolute atomic E-state index is 9.06. The van der Waals surface area contributed by atoms with Crippen molar-refractivity contribution in [2.45, 2.75) is 39.7 Å². The summed E-state index contributed by atoms with van der Waals surface area (Å²) in [5.74, 6) is 1.52. The molecule has 21 heavy (non-hydrogen) atoms. The van der Waals surface area contributed by atoms with Gasteiger partial charge in [0.05, 0.1) is 14.2 Å². The lowest BCUT2D eigenvalue weighted by Gasteiger charge is -2.26. The summed E-state index contributed by atoms with van der Waals surface area (Å²) in [5, 5.41) is 12.6. The van der Waals surface area contributed by atoms with Gasteiger partial charge in [0, 0.05) is 19.2 Å². The van der Waals surface area contributed by atoms with Crippen LogP contribution in [-0.4, -0.2) is 38.5 Å². The third-order valence-electron chi connectivity index (χ3n) is 3.71. The first-order valence-corrected chi connectivity index (χ1v) is 7.47. The molecule has 1 aromatic carbocycles. The number of hydrogen-bond donors (Lipinski definition) is 2. The molecule has 120 valence electrons. The Balaban J connectivity index is 2.56. The van der Waals surface area contributed by atoms with Gasteiger partial charge in [-0.1, -0.05) is 19.9 Å². The maximum atomic E-state index is 9.06. The van der Waals surface area contributed by atoms with Crippen molar-refractivity contribution in [1.82, 2.24) is 5.32 Å². The molecule has 0 spiro atoms. The van der Waals surface area contributed by atoms with E-state index in [4.69, 9.17) is 14.6 Å². The van der Waals surface area contributed by atoms with Crippen LogP contribution >= 0.6 is 0 Å². The molecule has 1 rings (SSSR count). The highest BCUT2D eigenvalue weighted by molar-refractivity contribution is 5.43. The monoisotopic (exact) mass is 295 g/mol. The summed E-state index contributed by atoms with van der Waals surface area (Å²) < 4.78 is 10.6. The lowest BCUT2D eigenvalue weighted by Crippen LogP contribution is -2.37. The molecule has 4 nitrogen and oxygen atoms in total. The van der Waals surface area contributed by atoms with Gasteiger partial charge in [-0.25, -0.2) is 0 Å². The molecule has 0 bridgehead atoms. The van der Waals surface area contributed by atoms with Gasteiger partial charge < -0.3 is 19.9 Å². The molecular weight excluding hydrogens is 266 g/mol. The van der Waals surface area contributed by atoms with Gasteiger partial charge in [0.25, 0.3) is 0 Å². The largest absolute Gasteiger partial charge is 0.493 e. The van der Waals surface area contributed by atoms with Gasteiger partial charge in [0.1, 0.15) is 0 Å². The van der Waals surface area contributed by atoms with Crippen molar-refractivity contribution < 1.29 is 14.6 Å². The van der Waals surface area contributed by atoms with E-state index in [0.29, 0.717) is 6.04 Å². The van der Waals surface area contributed by atoms with Crippen LogP contribution in [0.15, 0.2) is 18.2 Å². The summed E-state index contributed by atoms with van der Waals surface area (Å²) in [6, 6.07) is 6.39. The molecule has 0 aliphatic rings. The van der Waals surface area contributed by atoms with Crippen molar-refractivity contribution in [3.8, 4) is 11.5 Å². The standard InChI is InChI=1S/C17H29NO3/c1-13(18-12-17(2,3)8-9-19)10-14-6-7-15(20-4)16(11-14)21-5/h6-7,11,13,18-19H,8-10,12H2,1-5H3. The van der Waals surface area contributed by atoms with Crippen LogP contribution in [0.25, 0.3) is 0 Å². The number of aliphatic hydroxyl groups excluding tert-OH is 1. The van der Waals surface area contributed by atoms with Crippen molar-refractivity contribution in [2.24, 2.45) is 5.41 Å². The Labute approximate surface area is 128 Å². The second-order valence-corrected chi connectivity index (χ2v) is 6.31. The molecule has 1 unspecified atom stereocenters. The van der Waals surface area contributed by atoms with Crippen LogP contribution < -0.4 is 14.8 Å². The molecule has 1 aromatic rings. The number of rotatable bonds is 9. The first kappa shape index (κ1) is 17.8. The van der Waals surface area contributed by atoms with Crippen molar-refractivity contribution >= 4 is 0 Å². The van der Waals surface area contributed by atoms with Crippen molar-refractivity contribution in [3.63, 3.8) is 0 Å². The zero-order chi connectivity index (χ0) is 15.9. The molecule has 0 amide bonds. The Kier molecular flexibility index (Phi) is 6.99. The molecule has 1 atom stereocenters. The fourth-order valence-electron chi connectivity index (χ4n) is 2.27. The summed E-state index contributed by atoms with van der Waals surface area (Å²) in [4.78, 5) is 0. The molecule has 0 aliphatic heterocycles. The van der Waals surface area contributed by atoms with E-state index in [9.17, 15) is 0 Å². The number of aliphatic hydroxyl groups is 1. The smallest absolute Gasteiger partial charge is 0.160 e. The molecule has 0 fully saturated rings. The van der Waals surface area contributed by atoms with Crippen LogP contribution in [0.4, 0.5) is 0 Å². The molecule has 2 N–H and O–H groups in total. The predicted octanol–water partition coefficient (Wildman–Crippen LogP) is 2.63. The predicted molar refractivity (Wildman–Crippen MR) is 86.2 cm³/mol. The molecule has 0 aromatic heterocycles. The quantitative estimate of drug-likeness (QED) is 0.735. The Morgan fingerprint density at radius 2 is 1.86 bits per heavy atom. The highest BCUT2D eigenvalue weighted by Gasteiger charge is 2.18. The number of nitrogens with one attached hydrogen (secondary N) is 1. The molecular formula is C17H29NO3. The second kappa shape index (κ2) is 8.25. The molecule has 0 aliphatic carbocycles. The maximum Gasteiger partial charge on any atom is 0.160 e. The molecule has 4 heteroatoms. The number of methoxy groups -OCH3 is 2. The van der Waals surface area contributed by atoms with Crippen LogP contribution in [0.5, 0.6) is 11.5 Å². The van der Waals surface area contributed by atoms with Crippen LogP contribution in [0.1, 0.15) is 32.8 Å². The van der Waals surface area contributed by atoms with Gasteiger partial charge in [-0.15, -0.1) is 0 Å². The first-order chi connectivity index (χ1) is 9.91. The number of benzene rings is 1. The first-order valence-electron chi connectivity index (χ1n) is 7.47. The zero-order valence-corrected chi connectivity index (χ0v) is 13.9. The van der Waals surface area contributed by atoms with Crippen LogP contribution in [0, 0.1) is 5.41 Å². The summed E-state index contributed by atoms with van der Waals surface area (Å²) in [6.45, 7) is 7.63. The van der Waals surface area contributed by atoms with E-state index < -0.39 is 0 Å². The number of ether oxygens (including phenoxy) is 2. The van der Waals surface area contributed by atoms with E-state index in [0.717, 1.165) is 30.9 Å². The third-order valence-corrected chi connectivity index (χ3v) is 3.71. The van der Waals surface area contributed by atoms with E-state index >= 15 is 0 Å². The Bertz CT molecular complexity index is 432. The van der Waals surface area contributed by atoms with Crippen LogP contribution in [0.3, 0.4) is 0 Å². The fourth-order valence-corrected chi connectivity index (χ4v) is 2.27. The van der Waals surface area contributed by atoms with Gasteiger partial charge in [0.2, 0.25) is 0 Å². The van der Waals surface area contributed by atoms with E-state index in [1.807, 2.05) is 12.1 Å². The van der Waals surface area contributed by atoms with E-state index in [1.54, 1.807) is 14.2 Å². The number of hydrogen-bond acceptors (Lipinski definition) is 4. The molecule has 0 radical (unpaired) electrons. The molecule has 0 heterocycles. The molecule has 0 saturated heterocycles. The molecule has 0 saturated carbocycles. The summed E-state index contributed by atoms with van der Waals surface area (Å²) >= 11 is 0. The van der Waals surface area contributed by atoms with Crippen molar-refractivity contribution in [2.75, 3.05) is 27.4 Å². The van der Waals surface area contributed by atoms with Gasteiger partial charge in [-0.05, 0) is 42.9 Å². The average molecular weight is 295 g/mol. The normalized spacial score (nSPS) is 13.0. The van der Waals surface area contributed by atoms with Gasteiger partial charge in [-0.3, -0.25) is 0 Å². The third kappa shape index (κ3) is 5.94. The summed E-state index contributed by atoms with van der Waals surface area (Å²) in [5.41, 5.74) is 1.33. The van der Waals surface area contributed by atoms with E-state index in [2.05, 4.69) is 32.2 Å². The Morgan fingerprint density at radius 1 is 1.19 bits per heavy atom. The lowest BCUT2D eigenvalue weighted by molar-refractivity contribution is 0.203. The zero-order valence-electron chi connectivity index (χ0n) is 13.9. The van der Waals surface area contributed by atoms with Crippen molar-refractivity contribution in [1.29, 1.82) is 0 Å². The lowest BCUT2D eigenvalue weighted by atomic mass is 9.89. The Morgan fingerprint density at radius 3 is 2.43 bits per heavy atom. The minimum absolute atomic E-state index is 0.112. The van der Waals surface area contributed by atoms with Crippen LogP contribution in [-0.2, 0) is 6.42 Å². The van der Waals surface area contributed by atoms with Gasteiger partial charge >= 0.3 is 0 Å². The van der Waals surface area contributed by atoms with Gasteiger partial charge in [-0.2, -0.15) is 0 Å². The SMILES string of the molecule is COc1ccc(CC(C)NCC(C)(C)CCO)cc1OC. The highest BCUT2D eigenvalue weighted by atomic mass is 16.5. The summed E-state index contributed by atoms with van der Waals surface area (Å²) in [7, 11) is 3.30. The van der Waals surface area contributed by atoms with Gasteiger partial charge in [0.15, 0.2) is 11.5 Å².